The summed E-state index contributed by atoms with van der Waals surface area (Å²) in [6.45, 7) is 3.87. The number of carbonyl (C=O) groups is 1. The Kier molecular flexibility index (Phi) is 5.58. The number of aryl methyl sites for hydroxylation is 1. The molecule has 0 aliphatic carbocycles. The number of hydrogen-bond acceptors (Lipinski definition) is 5. The van der Waals surface area contributed by atoms with Crippen LogP contribution in [0.2, 0.25) is 0 Å². The third kappa shape index (κ3) is 4.23. The van der Waals surface area contributed by atoms with E-state index < -0.39 is 11.2 Å². The van der Waals surface area contributed by atoms with Crippen molar-refractivity contribution in [2.45, 2.75) is 30.9 Å². The first kappa shape index (κ1) is 18.0. The lowest BCUT2D eigenvalue weighted by Crippen LogP contribution is -2.13. The van der Waals surface area contributed by atoms with Crippen LogP contribution in [0.5, 0.6) is 5.75 Å². The van der Waals surface area contributed by atoms with Crippen molar-refractivity contribution in [2.75, 3.05) is 0 Å². The molecule has 0 radical (unpaired) electrons. The molecule has 0 saturated heterocycles. The Morgan fingerprint density at radius 3 is 2.50 bits per heavy atom. The normalized spacial score (nSPS) is 11.9. The van der Waals surface area contributed by atoms with Crippen LogP contribution in [0.1, 0.15) is 18.3 Å². The Bertz CT molecular complexity index is 879. The summed E-state index contributed by atoms with van der Waals surface area (Å²) in [7, 11) is 0. The summed E-state index contributed by atoms with van der Waals surface area (Å²) in [5, 5.41) is 17.5. The van der Waals surface area contributed by atoms with Crippen molar-refractivity contribution < 1.29 is 14.6 Å². The molecule has 2 aromatic carbocycles. The number of rotatable bonds is 7. The van der Waals surface area contributed by atoms with Crippen molar-refractivity contribution in [3.05, 3.63) is 66.0 Å². The SMILES string of the molecule is Cc1ccc(OCc2nnc(S[C@@H](C)C(=O)O)n2-c2ccccc2)cc1. The van der Waals surface area contributed by atoms with Gasteiger partial charge >= 0.3 is 5.97 Å². The van der Waals surface area contributed by atoms with E-state index in [0.717, 1.165) is 28.8 Å². The molecule has 0 amide bonds. The fourth-order valence-corrected chi connectivity index (χ4v) is 3.12. The maximum Gasteiger partial charge on any atom is 0.316 e. The number of aliphatic carboxylic acids is 1. The van der Waals surface area contributed by atoms with Gasteiger partial charge in [-0.1, -0.05) is 47.7 Å². The van der Waals surface area contributed by atoms with E-state index in [9.17, 15) is 9.90 Å². The average molecular weight is 369 g/mol. The van der Waals surface area contributed by atoms with Gasteiger partial charge in [-0.15, -0.1) is 10.2 Å². The first-order valence-electron chi connectivity index (χ1n) is 8.13. The Morgan fingerprint density at radius 1 is 1.15 bits per heavy atom. The van der Waals surface area contributed by atoms with Crippen LogP contribution >= 0.6 is 11.8 Å². The van der Waals surface area contributed by atoms with Gasteiger partial charge < -0.3 is 9.84 Å². The predicted octanol–water partition coefficient (Wildman–Crippen LogP) is 3.72. The fourth-order valence-electron chi connectivity index (χ4n) is 2.30. The number of para-hydroxylation sites is 1. The average Bonchev–Trinajstić information content (AvgIpc) is 3.04. The number of ether oxygens (including phenoxy) is 1. The lowest BCUT2D eigenvalue weighted by atomic mass is 10.2. The van der Waals surface area contributed by atoms with Crippen molar-refractivity contribution in [1.29, 1.82) is 0 Å². The highest BCUT2D eigenvalue weighted by Gasteiger charge is 2.20. The molecule has 1 atom stereocenters. The molecule has 1 N–H and O–H groups in total. The van der Waals surface area contributed by atoms with Gasteiger partial charge in [0.05, 0.1) is 0 Å². The summed E-state index contributed by atoms with van der Waals surface area (Å²) in [5.41, 5.74) is 2.02. The Balaban J connectivity index is 1.88. The summed E-state index contributed by atoms with van der Waals surface area (Å²) in [6.07, 6.45) is 0. The molecule has 1 aromatic heterocycles. The highest BCUT2D eigenvalue weighted by atomic mass is 32.2. The van der Waals surface area contributed by atoms with Crippen LogP contribution in [0.4, 0.5) is 0 Å². The van der Waals surface area contributed by atoms with Crippen molar-refractivity contribution in [3.8, 4) is 11.4 Å². The van der Waals surface area contributed by atoms with Crippen LogP contribution in [0.25, 0.3) is 5.69 Å². The van der Waals surface area contributed by atoms with Crippen LogP contribution < -0.4 is 4.74 Å². The summed E-state index contributed by atoms with van der Waals surface area (Å²) in [4.78, 5) is 11.2. The van der Waals surface area contributed by atoms with Crippen LogP contribution in [0.3, 0.4) is 0 Å². The molecular formula is C19H19N3O3S. The van der Waals surface area contributed by atoms with Gasteiger partial charge in [0.2, 0.25) is 0 Å². The molecule has 1 heterocycles. The summed E-state index contributed by atoms with van der Waals surface area (Å²) in [5.74, 6) is 0.457. The number of benzene rings is 2. The zero-order valence-electron chi connectivity index (χ0n) is 14.5. The molecular weight excluding hydrogens is 350 g/mol. The molecule has 0 bridgehead atoms. The maximum absolute atomic E-state index is 11.2. The highest BCUT2D eigenvalue weighted by molar-refractivity contribution is 8.00. The number of carboxylic acid groups (broad SMARTS) is 1. The number of carboxylic acids is 1. The molecule has 0 fully saturated rings. The second-order valence-electron chi connectivity index (χ2n) is 5.77. The largest absolute Gasteiger partial charge is 0.486 e. The van der Waals surface area contributed by atoms with E-state index >= 15 is 0 Å². The molecule has 3 rings (SSSR count). The molecule has 6 nitrogen and oxygen atoms in total. The van der Waals surface area contributed by atoms with E-state index in [4.69, 9.17) is 4.74 Å². The molecule has 0 spiro atoms. The van der Waals surface area contributed by atoms with E-state index in [0.29, 0.717) is 11.0 Å². The summed E-state index contributed by atoms with van der Waals surface area (Å²) in [6, 6.07) is 17.4. The number of aromatic nitrogens is 3. The predicted molar refractivity (Wildman–Crippen MR) is 99.8 cm³/mol. The van der Waals surface area contributed by atoms with Gasteiger partial charge in [0.15, 0.2) is 11.0 Å². The minimum absolute atomic E-state index is 0.229. The van der Waals surface area contributed by atoms with Gasteiger partial charge in [0.25, 0.3) is 0 Å². The standard InChI is InChI=1S/C19H19N3O3S/c1-13-8-10-16(11-9-13)25-12-17-20-21-19(26-14(2)18(23)24)22(17)15-6-4-3-5-7-15/h3-11,14H,12H2,1-2H3,(H,23,24)/t14-/m0/s1. The second-order valence-corrected chi connectivity index (χ2v) is 7.08. The Morgan fingerprint density at radius 2 is 1.85 bits per heavy atom. The van der Waals surface area contributed by atoms with Crippen LogP contribution in [-0.4, -0.2) is 31.1 Å². The van der Waals surface area contributed by atoms with Crippen molar-refractivity contribution in [1.82, 2.24) is 14.8 Å². The van der Waals surface area contributed by atoms with Crippen LogP contribution in [-0.2, 0) is 11.4 Å². The van der Waals surface area contributed by atoms with E-state index in [-0.39, 0.29) is 6.61 Å². The monoisotopic (exact) mass is 369 g/mol. The molecule has 134 valence electrons. The van der Waals surface area contributed by atoms with E-state index in [2.05, 4.69) is 10.2 Å². The van der Waals surface area contributed by atoms with Crippen LogP contribution in [0.15, 0.2) is 59.8 Å². The zero-order chi connectivity index (χ0) is 18.5. The third-order valence-electron chi connectivity index (χ3n) is 3.73. The quantitative estimate of drug-likeness (QED) is 0.640. The van der Waals surface area contributed by atoms with Gasteiger partial charge in [0.1, 0.15) is 17.6 Å². The highest BCUT2D eigenvalue weighted by Crippen LogP contribution is 2.26. The van der Waals surface area contributed by atoms with Crippen LogP contribution in [0, 0.1) is 6.92 Å². The molecule has 0 aliphatic heterocycles. The molecule has 7 heteroatoms. The van der Waals surface area contributed by atoms with Crippen molar-refractivity contribution >= 4 is 17.7 Å². The molecule has 0 aliphatic rings. The molecule has 0 saturated carbocycles. The molecule has 0 unspecified atom stereocenters. The fraction of sp³-hybridized carbons (Fsp3) is 0.211. The molecule has 26 heavy (non-hydrogen) atoms. The minimum atomic E-state index is -0.893. The molecule has 3 aromatic rings. The number of hydrogen-bond donors (Lipinski definition) is 1. The lowest BCUT2D eigenvalue weighted by Gasteiger charge is -2.12. The summed E-state index contributed by atoms with van der Waals surface area (Å²) < 4.78 is 7.66. The Labute approximate surface area is 155 Å². The first-order chi connectivity index (χ1) is 12.5. The zero-order valence-corrected chi connectivity index (χ0v) is 15.3. The van der Waals surface area contributed by atoms with Gasteiger partial charge in [-0.05, 0) is 38.1 Å². The number of thioether (sulfide) groups is 1. The lowest BCUT2D eigenvalue weighted by molar-refractivity contribution is -0.136. The van der Waals surface area contributed by atoms with Gasteiger partial charge in [-0.3, -0.25) is 9.36 Å². The Hall–Kier alpha value is -2.80. The first-order valence-corrected chi connectivity index (χ1v) is 9.01. The smallest absolute Gasteiger partial charge is 0.316 e. The summed E-state index contributed by atoms with van der Waals surface area (Å²) >= 11 is 1.15. The minimum Gasteiger partial charge on any atom is -0.486 e. The maximum atomic E-state index is 11.2. The van der Waals surface area contributed by atoms with Crippen molar-refractivity contribution in [2.24, 2.45) is 0 Å². The van der Waals surface area contributed by atoms with Crippen molar-refractivity contribution in [3.63, 3.8) is 0 Å². The van der Waals surface area contributed by atoms with Gasteiger partial charge in [-0.25, -0.2) is 0 Å². The topological polar surface area (TPSA) is 77.2 Å². The number of nitrogens with zero attached hydrogens (tertiary/aromatic N) is 3. The second kappa shape index (κ2) is 8.05. The van der Waals surface area contributed by atoms with E-state index in [1.165, 1.54) is 0 Å². The van der Waals surface area contributed by atoms with E-state index in [1.54, 1.807) is 6.92 Å². The van der Waals surface area contributed by atoms with Gasteiger partial charge in [0, 0.05) is 5.69 Å². The van der Waals surface area contributed by atoms with Gasteiger partial charge in [-0.2, -0.15) is 0 Å². The van der Waals surface area contributed by atoms with E-state index in [1.807, 2.05) is 66.1 Å². The third-order valence-corrected chi connectivity index (χ3v) is 4.76.